The fraction of sp³-hybridized carbons (Fsp3) is 0.333. The Kier molecular flexibility index (Phi) is 4.13. The molecule has 0 saturated carbocycles. The molecule has 2 aromatic carbocycles. The van der Waals surface area contributed by atoms with Gasteiger partial charge in [-0.15, -0.1) is 0 Å². The van der Waals surface area contributed by atoms with E-state index in [1.807, 2.05) is 48.5 Å². The Labute approximate surface area is 136 Å². The van der Waals surface area contributed by atoms with Crippen LogP contribution in [0.25, 0.3) is 0 Å². The molecule has 0 radical (unpaired) electrons. The van der Waals surface area contributed by atoms with Crippen molar-refractivity contribution in [2.45, 2.75) is 12.2 Å². The maximum atomic E-state index is 13.0. The molecule has 118 valence electrons. The molecular weight excluding hydrogens is 309 g/mol. The van der Waals surface area contributed by atoms with Crippen LogP contribution in [-0.2, 0) is 14.0 Å². The summed E-state index contributed by atoms with van der Waals surface area (Å²) in [5, 5.41) is 1.75. The van der Waals surface area contributed by atoms with E-state index in [1.54, 1.807) is 0 Å². The first-order valence-corrected chi connectivity index (χ1v) is 9.17. The standard InChI is InChI=1S/C18H19NO3P/c20-23(16-6-2-1-3-7-16)18-9-5-4-8-17(18)19(10-14-12-21-14)11-15-13-22-15/h1-9,14-15H,10-13H2/q+1. The van der Waals surface area contributed by atoms with E-state index < -0.39 is 7.80 Å². The van der Waals surface area contributed by atoms with Crippen molar-refractivity contribution in [3.63, 3.8) is 0 Å². The number of nitrogens with zero attached hydrogens (tertiary/aromatic N) is 1. The molecule has 0 N–H and O–H groups in total. The molecule has 2 heterocycles. The molecule has 5 heteroatoms. The van der Waals surface area contributed by atoms with Crippen molar-refractivity contribution in [1.82, 2.24) is 0 Å². The Hall–Kier alpha value is -1.74. The molecule has 2 aliphatic rings. The average molecular weight is 328 g/mol. The molecule has 3 atom stereocenters. The average Bonchev–Trinajstić information content (AvgIpc) is 3.51. The predicted octanol–water partition coefficient (Wildman–Crippen LogP) is 2.07. The van der Waals surface area contributed by atoms with Gasteiger partial charge in [-0.05, 0) is 24.3 Å². The topological polar surface area (TPSA) is 45.4 Å². The lowest BCUT2D eigenvalue weighted by molar-refractivity contribution is 0.389. The SMILES string of the molecule is O=[P+](c1ccccc1)c1ccccc1N(CC1CO1)CC1CO1. The summed E-state index contributed by atoms with van der Waals surface area (Å²) in [5.41, 5.74) is 1.03. The van der Waals surface area contributed by atoms with E-state index in [1.165, 1.54) is 0 Å². The van der Waals surface area contributed by atoms with Crippen LogP contribution in [0, 0.1) is 0 Å². The predicted molar refractivity (Wildman–Crippen MR) is 91.5 cm³/mol. The van der Waals surface area contributed by atoms with Crippen LogP contribution in [0.15, 0.2) is 54.6 Å². The Morgan fingerprint density at radius 2 is 1.48 bits per heavy atom. The number of hydrogen-bond donors (Lipinski definition) is 0. The molecule has 4 nitrogen and oxygen atoms in total. The molecule has 4 rings (SSSR count). The van der Waals surface area contributed by atoms with Crippen LogP contribution in [0.4, 0.5) is 5.69 Å². The smallest absolute Gasteiger partial charge is 0.371 e. The van der Waals surface area contributed by atoms with Gasteiger partial charge < -0.3 is 14.4 Å². The van der Waals surface area contributed by atoms with E-state index >= 15 is 0 Å². The quantitative estimate of drug-likeness (QED) is 0.577. The second-order valence-corrected chi connectivity index (χ2v) is 7.52. The highest BCUT2D eigenvalue weighted by Crippen LogP contribution is 2.29. The molecule has 0 spiro atoms. The first-order valence-electron chi connectivity index (χ1n) is 7.91. The zero-order valence-corrected chi connectivity index (χ0v) is 13.7. The zero-order valence-electron chi connectivity index (χ0n) is 12.8. The number of epoxide rings is 2. The second kappa shape index (κ2) is 6.40. The summed E-state index contributed by atoms with van der Waals surface area (Å²) in [6.45, 7) is 3.29. The van der Waals surface area contributed by atoms with Gasteiger partial charge in [-0.3, -0.25) is 0 Å². The highest BCUT2D eigenvalue weighted by Gasteiger charge is 2.35. The third-order valence-corrected chi connectivity index (χ3v) is 5.67. The maximum Gasteiger partial charge on any atom is 0.417 e. The molecule has 2 aliphatic heterocycles. The van der Waals surface area contributed by atoms with Gasteiger partial charge >= 0.3 is 7.80 Å². The van der Waals surface area contributed by atoms with Crippen molar-refractivity contribution in [1.29, 1.82) is 0 Å². The van der Waals surface area contributed by atoms with Crippen LogP contribution in [0.5, 0.6) is 0 Å². The Balaban J connectivity index is 1.65. The Morgan fingerprint density at radius 1 is 0.913 bits per heavy atom. The summed E-state index contributed by atoms with van der Waals surface area (Å²) in [7, 11) is -1.61. The normalized spacial score (nSPS) is 22.5. The Bertz CT molecular complexity index is 684. The summed E-state index contributed by atoms with van der Waals surface area (Å²) in [6.07, 6.45) is 0.577. The molecule has 0 aliphatic carbocycles. The molecule has 2 fully saturated rings. The molecule has 0 bridgehead atoms. The third kappa shape index (κ3) is 3.61. The van der Waals surface area contributed by atoms with Crippen molar-refractivity contribution in [2.75, 3.05) is 31.2 Å². The van der Waals surface area contributed by atoms with Gasteiger partial charge in [0.2, 0.25) is 5.30 Å². The first kappa shape index (κ1) is 14.8. The monoisotopic (exact) mass is 328 g/mol. The van der Waals surface area contributed by atoms with Crippen LogP contribution < -0.4 is 15.5 Å². The highest BCUT2D eigenvalue weighted by molar-refractivity contribution is 7.61. The zero-order chi connectivity index (χ0) is 15.6. The number of hydrogen-bond acceptors (Lipinski definition) is 4. The van der Waals surface area contributed by atoms with Crippen LogP contribution in [0.1, 0.15) is 0 Å². The molecule has 23 heavy (non-hydrogen) atoms. The summed E-state index contributed by atoms with van der Waals surface area (Å²) in [6, 6.07) is 17.6. The molecule has 3 unspecified atom stereocenters. The van der Waals surface area contributed by atoms with E-state index in [4.69, 9.17) is 9.47 Å². The van der Waals surface area contributed by atoms with E-state index in [-0.39, 0.29) is 12.2 Å². The lowest BCUT2D eigenvalue weighted by Crippen LogP contribution is -2.34. The maximum absolute atomic E-state index is 13.0. The van der Waals surface area contributed by atoms with Crippen molar-refractivity contribution in [3.8, 4) is 0 Å². The van der Waals surface area contributed by atoms with Crippen LogP contribution >= 0.6 is 7.80 Å². The van der Waals surface area contributed by atoms with Crippen molar-refractivity contribution >= 4 is 24.1 Å². The number of anilines is 1. The molecular formula is C18H19NO3P+. The van der Waals surface area contributed by atoms with Crippen molar-refractivity contribution in [3.05, 3.63) is 54.6 Å². The first-order chi connectivity index (χ1) is 11.3. The van der Waals surface area contributed by atoms with Gasteiger partial charge in [-0.2, -0.15) is 0 Å². The minimum absolute atomic E-state index is 0.288. The molecule has 2 aromatic rings. The number of ether oxygens (including phenoxy) is 2. The summed E-state index contributed by atoms with van der Waals surface area (Å²) < 4.78 is 23.8. The lowest BCUT2D eigenvalue weighted by Gasteiger charge is -2.23. The minimum atomic E-state index is -1.61. The summed E-state index contributed by atoms with van der Waals surface area (Å²) in [5.74, 6) is 0. The van der Waals surface area contributed by atoms with Crippen LogP contribution in [0.2, 0.25) is 0 Å². The van der Waals surface area contributed by atoms with Crippen LogP contribution in [0.3, 0.4) is 0 Å². The Morgan fingerprint density at radius 3 is 2.09 bits per heavy atom. The van der Waals surface area contributed by atoms with Crippen LogP contribution in [-0.4, -0.2) is 38.5 Å². The van der Waals surface area contributed by atoms with E-state index in [2.05, 4.69) is 11.0 Å². The van der Waals surface area contributed by atoms with Gasteiger partial charge in [0, 0.05) is 13.1 Å². The molecule has 2 saturated heterocycles. The van der Waals surface area contributed by atoms with Crippen molar-refractivity contribution in [2.24, 2.45) is 0 Å². The number of para-hydroxylation sites is 1. The molecule has 0 aromatic heterocycles. The van der Waals surface area contributed by atoms with Gasteiger partial charge in [0.15, 0.2) is 5.30 Å². The minimum Gasteiger partial charge on any atom is -0.371 e. The van der Waals surface area contributed by atoms with Gasteiger partial charge in [0.05, 0.1) is 31.1 Å². The lowest BCUT2D eigenvalue weighted by atomic mass is 10.2. The van der Waals surface area contributed by atoms with Gasteiger partial charge in [-0.25, -0.2) is 0 Å². The second-order valence-electron chi connectivity index (χ2n) is 5.93. The fourth-order valence-corrected chi connectivity index (χ4v) is 4.08. The van der Waals surface area contributed by atoms with E-state index in [0.29, 0.717) is 0 Å². The fourth-order valence-electron chi connectivity index (χ4n) is 2.72. The summed E-state index contributed by atoms with van der Waals surface area (Å²) >= 11 is 0. The largest absolute Gasteiger partial charge is 0.417 e. The van der Waals surface area contributed by atoms with Gasteiger partial charge in [0.1, 0.15) is 0 Å². The number of rotatable bonds is 7. The van der Waals surface area contributed by atoms with Gasteiger partial charge in [0.25, 0.3) is 0 Å². The summed E-state index contributed by atoms with van der Waals surface area (Å²) in [4.78, 5) is 2.26. The van der Waals surface area contributed by atoms with E-state index in [0.717, 1.165) is 42.6 Å². The number of benzene rings is 2. The van der Waals surface area contributed by atoms with E-state index in [9.17, 15) is 4.57 Å². The molecule has 0 amide bonds. The van der Waals surface area contributed by atoms with Crippen molar-refractivity contribution < 1.29 is 14.0 Å². The third-order valence-electron chi connectivity index (χ3n) is 4.08. The highest BCUT2D eigenvalue weighted by atomic mass is 31.1. The van der Waals surface area contributed by atoms with Gasteiger partial charge in [-0.1, -0.05) is 34.9 Å².